The highest BCUT2D eigenvalue weighted by Gasteiger charge is 2.19. The van der Waals surface area contributed by atoms with Gasteiger partial charge < -0.3 is 5.32 Å². The summed E-state index contributed by atoms with van der Waals surface area (Å²) >= 11 is 1.97. The summed E-state index contributed by atoms with van der Waals surface area (Å²) in [5, 5.41) is 3.69. The molecule has 1 unspecified atom stereocenters. The number of nitrogens with one attached hydrogen (secondary N) is 1. The summed E-state index contributed by atoms with van der Waals surface area (Å²) in [5.74, 6) is 1.20. The van der Waals surface area contributed by atoms with Crippen LogP contribution in [0, 0.1) is 0 Å². The lowest BCUT2D eigenvalue weighted by Crippen LogP contribution is -2.15. The lowest BCUT2D eigenvalue weighted by atomic mass is 10.0. The van der Waals surface area contributed by atoms with Gasteiger partial charge in [-0.2, -0.15) is 0 Å². The number of benzene rings is 2. The molecule has 1 nitrogen and oxygen atoms in total. The second-order valence-corrected chi connectivity index (χ2v) is 6.46. The van der Waals surface area contributed by atoms with Gasteiger partial charge in [-0.3, -0.25) is 0 Å². The molecule has 2 heteroatoms. The van der Waals surface area contributed by atoms with Crippen LogP contribution in [-0.2, 0) is 6.42 Å². The van der Waals surface area contributed by atoms with Crippen LogP contribution in [0.5, 0.6) is 0 Å². The number of rotatable bonds is 4. The summed E-state index contributed by atoms with van der Waals surface area (Å²) in [5.41, 5.74) is 4.11. The Hall–Kier alpha value is -1.41. The van der Waals surface area contributed by atoms with E-state index in [9.17, 15) is 0 Å². The molecule has 2 aromatic carbocycles. The molecule has 104 valence electrons. The van der Waals surface area contributed by atoms with Gasteiger partial charge in [0.25, 0.3) is 0 Å². The van der Waals surface area contributed by atoms with E-state index in [0.29, 0.717) is 6.04 Å². The van der Waals surface area contributed by atoms with Crippen molar-refractivity contribution < 1.29 is 0 Å². The van der Waals surface area contributed by atoms with Crippen molar-refractivity contribution in [1.82, 2.24) is 0 Å². The van der Waals surface area contributed by atoms with Crippen molar-refractivity contribution in [2.75, 3.05) is 11.1 Å². The smallest absolute Gasteiger partial charge is 0.0532 e. The monoisotopic (exact) mass is 283 g/mol. The van der Waals surface area contributed by atoms with Crippen LogP contribution in [0.15, 0.2) is 53.4 Å². The van der Waals surface area contributed by atoms with Crippen molar-refractivity contribution in [3.05, 3.63) is 59.7 Å². The van der Waals surface area contributed by atoms with Crippen molar-refractivity contribution in [2.45, 2.75) is 37.1 Å². The molecule has 0 amide bonds. The predicted molar refractivity (Wildman–Crippen MR) is 88.6 cm³/mol. The minimum atomic E-state index is 0.449. The Bertz CT molecular complexity index is 562. The second kappa shape index (κ2) is 6.36. The Kier molecular flexibility index (Phi) is 4.31. The maximum absolute atomic E-state index is 3.69. The minimum absolute atomic E-state index is 0.449. The van der Waals surface area contributed by atoms with Gasteiger partial charge in [-0.25, -0.2) is 0 Å². The molecule has 20 heavy (non-hydrogen) atoms. The van der Waals surface area contributed by atoms with Crippen LogP contribution in [0.4, 0.5) is 5.69 Å². The largest absolute Gasteiger partial charge is 0.378 e. The Morgan fingerprint density at radius 1 is 1.10 bits per heavy atom. The third kappa shape index (κ3) is 3.01. The van der Waals surface area contributed by atoms with Crippen LogP contribution < -0.4 is 5.32 Å². The van der Waals surface area contributed by atoms with E-state index in [2.05, 4.69) is 60.8 Å². The Balaban J connectivity index is 1.75. The molecule has 0 fully saturated rings. The molecule has 0 saturated carbocycles. The van der Waals surface area contributed by atoms with Crippen molar-refractivity contribution in [1.29, 1.82) is 0 Å². The van der Waals surface area contributed by atoms with E-state index >= 15 is 0 Å². The molecule has 2 aromatic rings. The highest BCUT2D eigenvalue weighted by Crippen LogP contribution is 2.37. The second-order valence-electron chi connectivity index (χ2n) is 5.32. The van der Waals surface area contributed by atoms with Gasteiger partial charge in [-0.05, 0) is 42.2 Å². The van der Waals surface area contributed by atoms with E-state index in [-0.39, 0.29) is 0 Å². The number of hydrogen-bond acceptors (Lipinski definition) is 2. The van der Waals surface area contributed by atoms with E-state index in [1.807, 2.05) is 11.8 Å². The van der Waals surface area contributed by atoms with Crippen LogP contribution in [0.2, 0.25) is 0 Å². The Labute approximate surface area is 125 Å². The first-order chi connectivity index (χ1) is 9.86. The highest BCUT2D eigenvalue weighted by atomic mass is 32.2. The number of anilines is 1. The highest BCUT2D eigenvalue weighted by molar-refractivity contribution is 7.99. The first kappa shape index (κ1) is 13.6. The average Bonchev–Trinajstić information content (AvgIpc) is 2.50. The zero-order chi connectivity index (χ0) is 13.8. The van der Waals surface area contributed by atoms with Gasteiger partial charge in [0, 0.05) is 16.3 Å². The molecule has 0 aliphatic carbocycles. The average molecular weight is 283 g/mol. The topological polar surface area (TPSA) is 12.0 Å². The standard InChI is InChI=1S/C18H21NS/c1-2-5-14-8-10-15(11-9-14)19-17-12-13-20-18-7-4-3-6-16(17)18/h3-4,6-11,17,19H,2,5,12-13H2,1H3. The molecule has 3 rings (SSSR count). The quantitative estimate of drug-likeness (QED) is 0.818. The third-order valence-corrected chi connectivity index (χ3v) is 4.91. The SMILES string of the molecule is CCCc1ccc(NC2CCSc3ccccc32)cc1. The summed E-state index contributed by atoms with van der Waals surface area (Å²) in [6, 6.07) is 18.1. The summed E-state index contributed by atoms with van der Waals surface area (Å²) in [6.07, 6.45) is 3.57. The van der Waals surface area contributed by atoms with Gasteiger partial charge in [0.1, 0.15) is 0 Å². The van der Waals surface area contributed by atoms with Gasteiger partial charge in [0.2, 0.25) is 0 Å². The van der Waals surface area contributed by atoms with Crippen molar-refractivity contribution in [3.63, 3.8) is 0 Å². The first-order valence-electron chi connectivity index (χ1n) is 7.44. The molecular formula is C18H21NS. The molecule has 0 spiro atoms. The fraction of sp³-hybridized carbons (Fsp3) is 0.333. The van der Waals surface area contributed by atoms with Gasteiger partial charge in [-0.15, -0.1) is 11.8 Å². The fourth-order valence-corrected chi connectivity index (χ4v) is 3.87. The molecule has 1 atom stereocenters. The number of thioether (sulfide) groups is 1. The normalized spacial score (nSPS) is 17.6. The molecule has 1 N–H and O–H groups in total. The zero-order valence-corrected chi connectivity index (χ0v) is 12.7. The van der Waals surface area contributed by atoms with Crippen molar-refractivity contribution >= 4 is 17.4 Å². The lowest BCUT2D eigenvalue weighted by molar-refractivity contribution is 0.728. The van der Waals surface area contributed by atoms with E-state index in [4.69, 9.17) is 0 Å². The molecule has 1 heterocycles. The lowest BCUT2D eigenvalue weighted by Gasteiger charge is -2.26. The molecule has 0 bridgehead atoms. The van der Waals surface area contributed by atoms with Gasteiger partial charge >= 0.3 is 0 Å². The Morgan fingerprint density at radius 2 is 1.90 bits per heavy atom. The fourth-order valence-electron chi connectivity index (χ4n) is 2.75. The predicted octanol–water partition coefficient (Wildman–Crippen LogP) is 5.29. The van der Waals surface area contributed by atoms with Crippen LogP contribution in [-0.4, -0.2) is 5.75 Å². The molecular weight excluding hydrogens is 262 g/mol. The number of aryl methyl sites for hydroxylation is 1. The molecule has 0 radical (unpaired) electrons. The first-order valence-corrected chi connectivity index (χ1v) is 8.42. The number of fused-ring (bicyclic) bond motifs is 1. The molecule has 0 saturated heterocycles. The summed E-state index contributed by atoms with van der Waals surface area (Å²) in [4.78, 5) is 1.43. The maximum atomic E-state index is 3.69. The summed E-state index contributed by atoms with van der Waals surface area (Å²) < 4.78 is 0. The summed E-state index contributed by atoms with van der Waals surface area (Å²) in [6.45, 7) is 2.22. The summed E-state index contributed by atoms with van der Waals surface area (Å²) in [7, 11) is 0. The van der Waals surface area contributed by atoms with Crippen molar-refractivity contribution in [3.8, 4) is 0 Å². The van der Waals surface area contributed by atoms with Crippen LogP contribution in [0.3, 0.4) is 0 Å². The van der Waals surface area contributed by atoms with Gasteiger partial charge in [0.15, 0.2) is 0 Å². The maximum Gasteiger partial charge on any atom is 0.0532 e. The molecule has 1 aliphatic heterocycles. The van der Waals surface area contributed by atoms with E-state index in [1.165, 1.54) is 46.7 Å². The Morgan fingerprint density at radius 3 is 2.70 bits per heavy atom. The van der Waals surface area contributed by atoms with Crippen LogP contribution >= 0.6 is 11.8 Å². The van der Waals surface area contributed by atoms with Crippen LogP contribution in [0.1, 0.15) is 36.9 Å². The molecule has 1 aliphatic rings. The van der Waals surface area contributed by atoms with E-state index in [1.54, 1.807) is 0 Å². The van der Waals surface area contributed by atoms with Crippen LogP contribution in [0.25, 0.3) is 0 Å². The zero-order valence-electron chi connectivity index (χ0n) is 11.9. The minimum Gasteiger partial charge on any atom is -0.378 e. The van der Waals surface area contributed by atoms with Gasteiger partial charge in [0.05, 0.1) is 6.04 Å². The molecule has 0 aromatic heterocycles. The van der Waals surface area contributed by atoms with Crippen molar-refractivity contribution in [2.24, 2.45) is 0 Å². The third-order valence-electron chi connectivity index (χ3n) is 3.79. The van der Waals surface area contributed by atoms with E-state index < -0.39 is 0 Å². The van der Waals surface area contributed by atoms with Gasteiger partial charge in [-0.1, -0.05) is 43.7 Å². The number of hydrogen-bond donors (Lipinski definition) is 1. The van der Waals surface area contributed by atoms with E-state index in [0.717, 1.165) is 0 Å².